The van der Waals surface area contributed by atoms with Gasteiger partial charge in [-0.1, -0.05) is 41.3 Å². The first kappa shape index (κ1) is 11.3. The van der Waals surface area contributed by atoms with Crippen LogP contribution in [0, 0.1) is 0 Å². The molecule has 2 N–H and O–H groups in total. The molecule has 0 aliphatic rings. The predicted molar refractivity (Wildman–Crippen MR) is 65.7 cm³/mol. The zero-order valence-corrected chi connectivity index (χ0v) is 10.1. The largest absolute Gasteiger partial charge is 0.367 e. The summed E-state index contributed by atoms with van der Waals surface area (Å²) in [6.45, 7) is 1.96. The summed E-state index contributed by atoms with van der Waals surface area (Å²) in [4.78, 5) is 0. The molecular formula is C11H10Cl2N2O. The lowest BCUT2D eigenvalue weighted by Gasteiger charge is -2.06. The lowest BCUT2D eigenvalue weighted by atomic mass is 10.0. The smallest absolute Gasteiger partial charge is 0.230 e. The Morgan fingerprint density at radius 1 is 1.25 bits per heavy atom. The number of nitrogens with zero attached hydrogens (tertiary/aromatic N) is 1. The van der Waals surface area contributed by atoms with Crippen LogP contribution in [0.1, 0.15) is 12.6 Å². The molecule has 3 nitrogen and oxygen atoms in total. The molecule has 0 spiro atoms. The molecule has 0 saturated heterocycles. The van der Waals surface area contributed by atoms with Crippen LogP contribution in [0.5, 0.6) is 0 Å². The minimum Gasteiger partial charge on any atom is -0.367 e. The summed E-state index contributed by atoms with van der Waals surface area (Å²) in [7, 11) is 0. The highest BCUT2D eigenvalue weighted by Crippen LogP contribution is 2.39. The van der Waals surface area contributed by atoms with Crippen molar-refractivity contribution in [1.29, 1.82) is 0 Å². The van der Waals surface area contributed by atoms with E-state index in [1.165, 1.54) is 0 Å². The van der Waals surface area contributed by atoms with E-state index >= 15 is 0 Å². The van der Waals surface area contributed by atoms with Gasteiger partial charge in [0.1, 0.15) is 0 Å². The second-order valence-corrected chi connectivity index (χ2v) is 4.13. The Kier molecular flexibility index (Phi) is 3.08. The second kappa shape index (κ2) is 4.36. The van der Waals surface area contributed by atoms with Gasteiger partial charge in [0.05, 0.1) is 21.3 Å². The molecule has 0 fully saturated rings. The Balaban J connectivity index is 2.71. The number of hydrogen-bond donors (Lipinski definition) is 1. The van der Waals surface area contributed by atoms with E-state index in [0.29, 0.717) is 27.6 Å². The third-order valence-electron chi connectivity index (χ3n) is 2.34. The average molecular weight is 257 g/mol. The van der Waals surface area contributed by atoms with Crippen LogP contribution in [0.15, 0.2) is 22.7 Å². The zero-order valence-electron chi connectivity index (χ0n) is 8.63. The number of rotatable bonds is 2. The first-order valence-electron chi connectivity index (χ1n) is 4.83. The van der Waals surface area contributed by atoms with Gasteiger partial charge in [0, 0.05) is 5.56 Å². The van der Waals surface area contributed by atoms with Crippen molar-refractivity contribution in [3.63, 3.8) is 0 Å². The van der Waals surface area contributed by atoms with Gasteiger partial charge in [-0.3, -0.25) is 0 Å². The normalized spacial score (nSPS) is 10.7. The molecule has 2 aromatic rings. The van der Waals surface area contributed by atoms with E-state index in [1.807, 2.05) is 6.92 Å². The second-order valence-electron chi connectivity index (χ2n) is 3.32. The van der Waals surface area contributed by atoms with Crippen LogP contribution in [0.3, 0.4) is 0 Å². The summed E-state index contributed by atoms with van der Waals surface area (Å²) >= 11 is 12.2. The van der Waals surface area contributed by atoms with Crippen LogP contribution in [0.2, 0.25) is 10.0 Å². The van der Waals surface area contributed by atoms with Gasteiger partial charge in [0.15, 0.2) is 0 Å². The Labute approximate surface area is 103 Å². The van der Waals surface area contributed by atoms with E-state index in [0.717, 1.165) is 5.69 Å². The lowest BCUT2D eigenvalue weighted by molar-refractivity contribution is 0.428. The molecular weight excluding hydrogens is 247 g/mol. The molecule has 2 rings (SSSR count). The summed E-state index contributed by atoms with van der Waals surface area (Å²) in [6, 6.07) is 5.30. The van der Waals surface area contributed by atoms with Gasteiger partial charge in [0.25, 0.3) is 0 Å². The first-order chi connectivity index (χ1) is 7.65. The minimum atomic E-state index is 0.242. The number of aromatic nitrogens is 1. The Bertz CT molecular complexity index is 502. The maximum absolute atomic E-state index is 6.11. The third-order valence-corrected chi connectivity index (χ3v) is 2.97. The Morgan fingerprint density at radius 3 is 2.44 bits per heavy atom. The maximum atomic E-state index is 6.11. The summed E-state index contributed by atoms with van der Waals surface area (Å²) in [5.41, 5.74) is 7.87. The number of anilines is 1. The van der Waals surface area contributed by atoms with Crippen molar-refractivity contribution in [2.75, 3.05) is 5.73 Å². The maximum Gasteiger partial charge on any atom is 0.230 e. The van der Waals surface area contributed by atoms with Gasteiger partial charge >= 0.3 is 0 Å². The molecule has 0 aliphatic carbocycles. The molecule has 0 amide bonds. The molecule has 0 radical (unpaired) electrons. The van der Waals surface area contributed by atoms with Crippen LogP contribution in [0.4, 0.5) is 5.88 Å². The molecule has 0 bridgehead atoms. The molecule has 5 heteroatoms. The van der Waals surface area contributed by atoms with Gasteiger partial charge in [-0.25, -0.2) is 0 Å². The van der Waals surface area contributed by atoms with E-state index in [-0.39, 0.29) is 5.88 Å². The van der Waals surface area contributed by atoms with Crippen LogP contribution >= 0.6 is 23.2 Å². The van der Waals surface area contributed by atoms with E-state index in [1.54, 1.807) is 18.2 Å². The number of aryl methyl sites for hydroxylation is 1. The van der Waals surface area contributed by atoms with E-state index in [2.05, 4.69) is 5.16 Å². The minimum absolute atomic E-state index is 0.242. The lowest BCUT2D eigenvalue weighted by Crippen LogP contribution is -1.91. The van der Waals surface area contributed by atoms with E-state index in [4.69, 9.17) is 33.5 Å². The molecule has 84 valence electrons. The summed E-state index contributed by atoms with van der Waals surface area (Å²) in [5, 5.41) is 4.95. The van der Waals surface area contributed by atoms with Gasteiger partial charge in [-0.2, -0.15) is 0 Å². The standard InChI is InChI=1S/C11H10Cl2N2O/c1-2-8-10(11(14)16-15-8)9-6(12)4-3-5-7(9)13/h3-5H,2,14H2,1H3. The molecule has 1 heterocycles. The van der Waals surface area contributed by atoms with Crippen LogP contribution in [0.25, 0.3) is 11.1 Å². The van der Waals surface area contributed by atoms with Gasteiger partial charge in [0.2, 0.25) is 5.88 Å². The molecule has 0 saturated carbocycles. The fraction of sp³-hybridized carbons (Fsp3) is 0.182. The number of nitrogen functional groups attached to an aromatic ring is 1. The number of benzene rings is 1. The Morgan fingerprint density at radius 2 is 1.88 bits per heavy atom. The van der Waals surface area contributed by atoms with Crippen molar-refractivity contribution < 1.29 is 4.52 Å². The van der Waals surface area contributed by atoms with Crippen molar-refractivity contribution in [3.05, 3.63) is 33.9 Å². The summed E-state index contributed by atoms with van der Waals surface area (Å²) in [6.07, 6.45) is 0.706. The van der Waals surface area contributed by atoms with Crippen molar-refractivity contribution in [2.24, 2.45) is 0 Å². The summed E-state index contributed by atoms with van der Waals surface area (Å²) in [5.74, 6) is 0.242. The zero-order chi connectivity index (χ0) is 11.7. The molecule has 1 aromatic carbocycles. The predicted octanol–water partition coefficient (Wildman–Crippen LogP) is 3.79. The quantitative estimate of drug-likeness (QED) is 0.890. The molecule has 0 unspecified atom stereocenters. The monoisotopic (exact) mass is 256 g/mol. The van der Waals surface area contributed by atoms with E-state index in [9.17, 15) is 0 Å². The Hall–Kier alpha value is -1.19. The van der Waals surface area contributed by atoms with Gasteiger partial charge in [-0.05, 0) is 18.6 Å². The van der Waals surface area contributed by atoms with Crippen LogP contribution in [-0.4, -0.2) is 5.16 Å². The highest BCUT2D eigenvalue weighted by molar-refractivity contribution is 6.39. The average Bonchev–Trinajstić information content (AvgIpc) is 2.60. The fourth-order valence-electron chi connectivity index (χ4n) is 1.58. The number of halogens is 2. The van der Waals surface area contributed by atoms with Crippen molar-refractivity contribution in [1.82, 2.24) is 5.16 Å². The van der Waals surface area contributed by atoms with Crippen molar-refractivity contribution in [3.8, 4) is 11.1 Å². The fourth-order valence-corrected chi connectivity index (χ4v) is 2.17. The van der Waals surface area contributed by atoms with Crippen LogP contribution < -0.4 is 5.73 Å². The van der Waals surface area contributed by atoms with Gasteiger partial charge < -0.3 is 10.3 Å². The summed E-state index contributed by atoms with van der Waals surface area (Å²) < 4.78 is 4.96. The first-order valence-corrected chi connectivity index (χ1v) is 5.59. The van der Waals surface area contributed by atoms with Crippen molar-refractivity contribution >= 4 is 29.1 Å². The van der Waals surface area contributed by atoms with E-state index < -0.39 is 0 Å². The SMILES string of the molecule is CCc1noc(N)c1-c1c(Cl)cccc1Cl. The molecule has 1 aromatic heterocycles. The molecule has 0 atom stereocenters. The van der Waals surface area contributed by atoms with Crippen molar-refractivity contribution in [2.45, 2.75) is 13.3 Å². The molecule has 16 heavy (non-hydrogen) atoms. The highest BCUT2D eigenvalue weighted by atomic mass is 35.5. The number of nitrogens with two attached hydrogens (primary N) is 1. The highest BCUT2D eigenvalue weighted by Gasteiger charge is 2.19. The number of hydrogen-bond acceptors (Lipinski definition) is 3. The molecule has 0 aliphatic heterocycles. The van der Waals surface area contributed by atoms with Crippen LogP contribution in [-0.2, 0) is 6.42 Å². The van der Waals surface area contributed by atoms with Gasteiger partial charge in [-0.15, -0.1) is 0 Å². The third kappa shape index (κ3) is 1.77. The topological polar surface area (TPSA) is 52.0 Å².